The van der Waals surface area contributed by atoms with Crippen molar-refractivity contribution in [3.63, 3.8) is 0 Å². The Balaban J connectivity index is 1.59. The van der Waals surface area contributed by atoms with Crippen molar-refractivity contribution < 1.29 is 23.4 Å². The summed E-state index contributed by atoms with van der Waals surface area (Å²) in [6, 6.07) is 10.6. The largest absolute Gasteiger partial charge is 0.493 e. The van der Waals surface area contributed by atoms with Gasteiger partial charge in [-0.15, -0.1) is 0 Å². The minimum Gasteiger partial charge on any atom is -0.493 e. The molecule has 1 heterocycles. The summed E-state index contributed by atoms with van der Waals surface area (Å²) in [5, 5.41) is 2.72. The first-order valence-corrected chi connectivity index (χ1v) is 10.0. The Morgan fingerprint density at radius 3 is 2.30 bits per heavy atom. The van der Waals surface area contributed by atoms with Gasteiger partial charge in [0.25, 0.3) is 5.56 Å². The number of halogens is 1. The average molecular weight is 453 g/mol. The van der Waals surface area contributed by atoms with E-state index in [0.29, 0.717) is 34.1 Å². The van der Waals surface area contributed by atoms with E-state index >= 15 is 0 Å². The van der Waals surface area contributed by atoms with Gasteiger partial charge in [-0.1, -0.05) is 0 Å². The lowest BCUT2D eigenvalue weighted by atomic mass is 10.1. The Morgan fingerprint density at radius 2 is 1.73 bits per heavy atom. The van der Waals surface area contributed by atoms with Crippen molar-refractivity contribution in [1.82, 2.24) is 14.9 Å². The van der Waals surface area contributed by atoms with Gasteiger partial charge in [-0.05, 0) is 48.0 Å². The van der Waals surface area contributed by atoms with Crippen LogP contribution in [0.5, 0.6) is 17.2 Å². The van der Waals surface area contributed by atoms with Gasteiger partial charge in [0.2, 0.25) is 11.7 Å². The average Bonchev–Trinajstić information content (AvgIpc) is 2.83. The Labute approximate surface area is 190 Å². The van der Waals surface area contributed by atoms with Gasteiger partial charge in [0.15, 0.2) is 11.5 Å². The molecule has 0 saturated carbocycles. The molecule has 0 bridgehead atoms. The van der Waals surface area contributed by atoms with Crippen LogP contribution in [0.15, 0.2) is 59.7 Å². The second kappa shape index (κ2) is 10.9. The molecule has 1 aromatic heterocycles. The second-order valence-electron chi connectivity index (χ2n) is 6.90. The van der Waals surface area contributed by atoms with Crippen molar-refractivity contribution in [1.29, 1.82) is 0 Å². The Kier molecular flexibility index (Phi) is 7.80. The number of rotatable bonds is 9. The SMILES string of the molecule is COc1cc(/C=C/C(=O)NCCn2cnc(-c3ccc(F)cc3)cc2=O)cc(OC)c1OC. The fraction of sp³-hybridized carbons (Fsp3) is 0.208. The number of carbonyl (C=O) groups is 1. The lowest BCUT2D eigenvalue weighted by Gasteiger charge is -2.12. The molecule has 33 heavy (non-hydrogen) atoms. The zero-order valence-electron chi connectivity index (χ0n) is 18.5. The standard InChI is InChI=1S/C24H24FN3O5/c1-31-20-12-16(13-21(32-2)24(20)33-3)4-9-22(29)26-10-11-28-15-27-19(14-23(28)30)17-5-7-18(25)8-6-17/h4-9,12-15H,10-11H2,1-3H3,(H,26,29)/b9-4+. The van der Waals surface area contributed by atoms with Crippen LogP contribution in [0, 0.1) is 5.82 Å². The predicted octanol–water partition coefficient (Wildman–Crippen LogP) is 2.90. The van der Waals surface area contributed by atoms with Crippen molar-refractivity contribution in [2.75, 3.05) is 27.9 Å². The van der Waals surface area contributed by atoms with Gasteiger partial charge < -0.3 is 19.5 Å². The fourth-order valence-electron chi connectivity index (χ4n) is 3.10. The maximum Gasteiger partial charge on any atom is 0.253 e. The summed E-state index contributed by atoms with van der Waals surface area (Å²) in [6.45, 7) is 0.481. The van der Waals surface area contributed by atoms with Gasteiger partial charge in [-0.25, -0.2) is 9.37 Å². The summed E-state index contributed by atoms with van der Waals surface area (Å²) in [7, 11) is 4.54. The molecular formula is C24H24FN3O5. The van der Waals surface area contributed by atoms with Crippen LogP contribution in [0.3, 0.4) is 0 Å². The third-order valence-corrected chi connectivity index (χ3v) is 4.79. The van der Waals surface area contributed by atoms with E-state index in [0.717, 1.165) is 0 Å². The smallest absolute Gasteiger partial charge is 0.253 e. The zero-order valence-corrected chi connectivity index (χ0v) is 18.5. The number of methoxy groups -OCH3 is 3. The zero-order chi connectivity index (χ0) is 23.8. The van der Waals surface area contributed by atoms with Crippen molar-refractivity contribution in [2.45, 2.75) is 6.54 Å². The third-order valence-electron chi connectivity index (χ3n) is 4.79. The maximum atomic E-state index is 13.1. The Morgan fingerprint density at radius 1 is 1.06 bits per heavy atom. The summed E-state index contributed by atoms with van der Waals surface area (Å²) < 4.78 is 30.3. The number of ether oxygens (including phenoxy) is 3. The van der Waals surface area contributed by atoms with Gasteiger partial charge >= 0.3 is 0 Å². The highest BCUT2D eigenvalue weighted by molar-refractivity contribution is 5.91. The molecular weight excluding hydrogens is 429 g/mol. The molecule has 2 aromatic carbocycles. The summed E-state index contributed by atoms with van der Waals surface area (Å²) in [6.07, 6.45) is 4.39. The van der Waals surface area contributed by atoms with Gasteiger partial charge in [-0.2, -0.15) is 0 Å². The highest BCUT2D eigenvalue weighted by atomic mass is 19.1. The Bertz CT molecular complexity index is 1180. The molecule has 9 heteroatoms. The highest BCUT2D eigenvalue weighted by Crippen LogP contribution is 2.38. The van der Waals surface area contributed by atoms with Crippen molar-refractivity contribution in [3.05, 3.63) is 76.6 Å². The van der Waals surface area contributed by atoms with Crippen molar-refractivity contribution >= 4 is 12.0 Å². The molecule has 0 aliphatic carbocycles. The van der Waals surface area contributed by atoms with Crippen LogP contribution >= 0.6 is 0 Å². The van der Waals surface area contributed by atoms with Gasteiger partial charge in [0.1, 0.15) is 5.82 Å². The van der Waals surface area contributed by atoms with Crippen LogP contribution in [-0.2, 0) is 11.3 Å². The molecule has 0 fully saturated rings. The Hall–Kier alpha value is -4.14. The highest BCUT2D eigenvalue weighted by Gasteiger charge is 2.12. The van der Waals surface area contributed by atoms with E-state index < -0.39 is 0 Å². The topological polar surface area (TPSA) is 91.7 Å². The summed E-state index contributed by atoms with van der Waals surface area (Å²) in [5.74, 6) is 0.738. The van der Waals surface area contributed by atoms with E-state index in [1.165, 1.54) is 56.5 Å². The maximum absolute atomic E-state index is 13.1. The lowest BCUT2D eigenvalue weighted by molar-refractivity contribution is -0.116. The van der Waals surface area contributed by atoms with Crippen molar-refractivity contribution in [2.24, 2.45) is 0 Å². The van der Waals surface area contributed by atoms with E-state index in [2.05, 4.69) is 10.3 Å². The molecule has 8 nitrogen and oxygen atoms in total. The summed E-state index contributed by atoms with van der Waals surface area (Å²) in [4.78, 5) is 28.7. The van der Waals surface area contributed by atoms with Crippen molar-refractivity contribution in [3.8, 4) is 28.5 Å². The molecule has 1 N–H and O–H groups in total. The molecule has 1 amide bonds. The van der Waals surface area contributed by atoms with Crippen LogP contribution in [0.1, 0.15) is 5.56 Å². The molecule has 0 aliphatic heterocycles. The predicted molar refractivity (Wildman–Crippen MR) is 122 cm³/mol. The molecule has 3 rings (SSSR count). The van der Waals surface area contributed by atoms with E-state index in [1.807, 2.05) is 0 Å². The molecule has 0 aliphatic rings. The number of nitrogens with one attached hydrogen (secondary N) is 1. The van der Waals surface area contributed by atoms with Crippen LogP contribution in [0.2, 0.25) is 0 Å². The quantitative estimate of drug-likeness (QED) is 0.501. The molecule has 0 unspecified atom stereocenters. The van der Waals surface area contributed by atoms with E-state index in [1.54, 1.807) is 30.3 Å². The molecule has 0 radical (unpaired) electrons. The number of hydrogen-bond acceptors (Lipinski definition) is 6. The summed E-state index contributed by atoms with van der Waals surface area (Å²) >= 11 is 0. The molecule has 0 saturated heterocycles. The van der Waals surface area contributed by atoms with E-state index in [-0.39, 0.29) is 30.4 Å². The molecule has 0 spiro atoms. The van der Waals surface area contributed by atoms with Gasteiger partial charge in [0.05, 0.1) is 33.4 Å². The first kappa shape index (κ1) is 23.5. The first-order valence-electron chi connectivity index (χ1n) is 10.0. The van der Waals surface area contributed by atoms with E-state index in [9.17, 15) is 14.0 Å². The number of benzene rings is 2. The number of hydrogen-bond donors (Lipinski definition) is 1. The minimum absolute atomic E-state index is 0.232. The monoisotopic (exact) mass is 453 g/mol. The van der Waals surface area contributed by atoms with Gasteiger partial charge in [-0.3, -0.25) is 14.2 Å². The third kappa shape index (κ3) is 5.97. The molecule has 172 valence electrons. The number of nitrogens with zero attached hydrogens (tertiary/aromatic N) is 2. The second-order valence-corrected chi connectivity index (χ2v) is 6.90. The number of amides is 1. The van der Waals surface area contributed by atoms with Crippen LogP contribution in [0.4, 0.5) is 4.39 Å². The summed E-state index contributed by atoms with van der Waals surface area (Å²) in [5.41, 5.74) is 1.52. The van der Waals surface area contributed by atoms with E-state index in [4.69, 9.17) is 14.2 Å². The minimum atomic E-state index is -0.359. The van der Waals surface area contributed by atoms with Gasteiger partial charge in [0, 0.05) is 30.8 Å². The number of carbonyl (C=O) groups excluding carboxylic acids is 1. The van der Waals surface area contributed by atoms with Crippen LogP contribution in [-0.4, -0.2) is 43.3 Å². The molecule has 0 atom stereocenters. The number of aromatic nitrogens is 2. The van der Waals surface area contributed by atoms with Crippen LogP contribution < -0.4 is 25.1 Å². The lowest BCUT2D eigenvalue weighted by Crippen LogP contribution is -2.29. The fourth-order valence-corrected chi connectivity index (χ4v) is 3.10. The normalized spacial score (nSPS) is 10.8. The molecule has 3 aromatic rings. The first-order chi connectivity index (χ1) is 15.9. The van der Waals surface area contributed by atoms with Crippen LogP contribution in [0.25, 0.3) is 17.3 Å².